The zero-order valence-corrected chi connectivity index (χ0v) is 14.8. The van der Waals surface area contributed by atoms with Gasteiger partial charge in [0.1, 0.15) is 6.04 Å². The van der Waals surface area contributed by atoms with E-state index in [0.717, 1.165) is 42.6 Å². The zero-order chi connectivity index (χ0) is 17.4. The predicted molar refractivity (Wildman–Crippen MR) is 97.5 cm³/mol. The number of nitriles is 1. The number of para-hydroxylation sites is 1. The van der Waals surface area contributed by atoms with Crippen molar-refractivity contribution < 1.29 is 4.79 Å². The Morgan fingerprint density at radius 1 is 1.44 bits per heavy atom. The van der Waals surface area contributed by atoms with Gasteiger partial charge in [-0.3, -0.25) is 4.79 Å². The van der Waals surface area contributed by atoms with Gasteiger partial charge in [-0.05, 0) is 43.7 Å². The number of aryl methyl sites for hydroxylation is 1. The van der Waals surface area contributed by atoms with E-state index in [0.29, 0.717) is 13.1 Å². The highest BCUT2D eigenvalue weighted by molar-refractivity contribution is 6.35. The fourth-order valence-electron chi connectivity index (χ4n) is 4.11. The zero-order valence-electron chi connectivity index (χ0n) is 14.0. The normalized spacial score (nSPS) is 22.8. The second-order valence-corrected chi connectivity index (χ2v) is 7.35. The second kappa shape index (κ2) is 6.70. The highest BCUT2D eigenvalue weighted by Crippen LogP contribution is 2.32. The van der Waals surface area contributed by atoms with E-state index in [4.69, 9.17) is 16.9 Å². The third-order valence-electron chi connectivity index (χ3n) is 5.44. The molecule has 2 atom stereocenters. The van der Waals surface area contributed by atoms with Gasteiger partial charge in [-0.1, -0.05) is 23.7 Å². The molecular weight excluding hydrogens is 336 g/mol. The Morgan fingerprint density at radius 3 is 3.16 bits per heavy atom. The van der Waals surface area contributed by atoms with Crippen LogP contribution in [0.5, 0.6) is 0 Å². The maximum absolute atomic E-state index is 12.4. The molecule has 2 aliphatic rings. The van der Waals surface area contributed by atoms with E-state index >= 15 is 0 Å². The van der Waals surface area contributed by atoms with E-state index in [1.54, 1.807) is 4.90 Å². The van der Waals surface area contributed by atoms with E-state index in [9.17, 15) is 4.79 Å². The van der Waals surface area contributed by atoms with E-state index in [2.05, 4.69) is 22.4 Å². The van der Waals surface area contributed by atoms with Crippen molar-refractivity contribution in [2.75, 3.05) is 13.1 Å². The highest BCUT2D eigenvalue weighted by atomic mass is 35.5. The molecule has 1 fully saturated rings. The molecule has 1 aromatic heterocycles. The van der Waals surface area contributed by atoms with Crippen LogP contribution in [-0.4, -0.2) is 41.0 Å². The number of carbonyl (C=O) groups excluding carboxylic acids is 1. The molecule has 2 aromatic rings. The van der Waals surface area contributed by atoms with E-state index in [1.165, 1.54) is 16.6 Å². The van der Waals surface area contributed by atoms with Crippen molar-refractivity contribution in [1.82, 2.24) is 15.2 Å². The van der Waals surface area contributed by atoms with Gasteiger partial charge in [-0.15, -0.1) is 0 Å². The van der Waals surface area contributed by atoms with Gasteiger partial charge in [0.2, 0.25) is 5.91 Å². The minimum Gasteiger partial charge on any atom is -0.357 e. The Balaban J connectivity index is 1.43. The lowest BCUT2D eigenvalue weighted by molar-refractivity contribution is -0.130. The Kier molecular flexibility index (Phi) is 4.41. The van der Waals surface area contributed by atoms with Crippen molar-refractivity contribution in [3.8, 4) is 6.07 Å². The maximum atomic E-state index is 12.4. The van der Waals surface area contributed by atoms with Crippen molar-refractivity contribution in [3.05, 3.63) is 34.5 Å². The van der Waals surface area contributed by atoms with Gasteiger partial charge < -0.3 is 15.2 Å². The summed E-state index contributed by atoms with van der Waals surface area (Å²) in [5.41, 5.74) is 3.58. The first-order chi connectivity index (χ1) is 12.2. The Bertz CT molecular complexity index is 853. The van der Waals surface area contributed by atoms with Crippen LogP contribution in [0.15, 0.2) is 18.2 Å². The molecule has 1 unspecified atom stereocenters. The maximum Gasteiger partial charge on any atom is 0.237 e. The van der Waals surface area contributed by atoms with Crippen LogP contribution in [0.25, 0.3) is 10.9 Å². The molecule has 0 radical (unpaired) electrons. The molecule has 0 saturated carbocycles. The Hall–Kier alpha value is -2.03. The molecule has 6 heteroatoms. The molecule has 1 amide bonds. The van der Waals surface area contributed by atoms with E-state index < -0.39 is 0 Å². The number of aromatic amines is 1. The second-order valence-electron chi connectivity index (χ2n) is 6.94. The quantitative estimate of drug-likeness (QED) is 0.888. The highest BCUT2D eigenvalue weighted by Gasteiger charge is 2.29. The molecular formula is C19H21ClN4O. The number of carbonyl (C=O) groups is 1. The third-order valence-corrected chi connectivity index (χ3v) is 5.75. The van der Waals surface area contributed by atoms with Gasteiger partial charge in [0, 0.05) is 23.7 Å². The molecule has 2 N–H and O–H groups in total. The van der Waals surface area contributed by atoms with Crippen LogP contribution in [0.2, 0.25) is 5.02 Å². The third kappa shape index (κ3) is 3.01. The summed E-state index contributed by atoms with van der Waals surface area (Å²) in [7, 11) is 0. The molecule has 1 aromatic carbocycles. The molecule has 0 spiro atoms. The fourth-order valence-corrected chi connectivity index (χ4v) is 4.33. The molecule has 2 heterocycles. The van der Waals surface area contributed by atoms with Crippen molar-refractivity contribution in [1.29, 1.82) is 5.26 Å². The smallest absolute Gasteiger partial charge is 0.237 e. The number of amides is 1. The van der Waals surface area contributed by atoms with Crippen molar-refractivity contribution in [2.24, 2.45) is 0 Å². The van der Waals surface area contributed by atoms with E-state index in [1.807, 2.05) is 12.1 Å². The van der Waals surface area contributed by atoms with Crippen molar-refractivity contribution in [2.45, 2.75) is 44.2 Å². The van der Waals surface area contributed by atoms with Crippen LogP contribution in [0.1, 0.15) is 30.5 Å². The number of hydrogen-bond donors (Lipinski definition) is 2. The first kappa shape index (κ1) is 16.4. The number of aromatic nitrogens is 1. The van der Waals surface area contributed by atoms with E-state index in [-0.39, 0.29) is 18.0 Å². The van der Waals surface area contributed by atoms with Gasteiger partial charge in [0.05, 0.1) is 23.2 Å². The molecule has 4 rings (SSSR count). The first-order valence-corrected chi connectivity index (χ1v) is 9.25. The number of nitrogens with zero attached hydrogens (tertiary/aromatic N) is 2. The average molecular weight is 357 g/mol. The summed E-state index contributed by atoms with van der Waals surface area (Å²) in [6.45, 7) is 1.01. The standard InChI is InChI=1S/C19H21ClN4O/c20-16-5-1-4-14-15-9-12(6-7-17(15)23-19(14)16)22-11-18(25)24-8-2-3-13(24)10-21/h1,4-5,12-13,22-23H,2-3,6-9,11H2/t12?,13-/m0/s1. The minimum atomic E-state index is -0.247. The largest absolute Gasteiger partial charge is 0.357 e. The number of rotatable bonds is 3. The van der Waals surface area contributed by atoms with Gasteiger partial charge in [-0.2, -0.15) is 5.26 Å². The van der Waals surface area contributed by atoms with Crippen LogP contribution in [0.4, 0.5) is 0 Å². The minimum absolute atomic E-state index is 0.0387. The molecule has 130 valence electrons. The summed E-state index contributed by atoms with van der Waals surface area (Å²) in [6.07, 6.45) is 4.56. The Labute approximate surface area is 151 Å². The average Bonchev–Trinajstić information content (AvgIpc) is 3.24. The summed E-state index contributed by atoms with van der Waals surface area (Å²) in [4.78, 5) is 17.6. The SMILES string of the molecule is N#C[C@@H]1CCCN1C(=O)CNC1CCc2[nH]c3c(Cl)cccc3c2C1. The predicted octanol–water partition coefficient (Wildman–Crippen LogP) is 2.78. The lowest BCUT2D eigenvalue weighted by atomic mass is 9.91. The van der Waals surface area contributed by atoms with Crippen LogP contribution in [0.3, 0.4) is 0 Å². The number of fused-ring (bicyclic) bond motifs is 3. The number of benzene rings is 1. The number of H-pyrrole nitrogens is 1. The molecule has 1 aliphatic carbocycles. The summed E-state index contributed by atoms with van der Waals surface area (Å²) < 4.78 is 0. The fraction of sp³-hybridized carbons (Fsp3) is 0.474. The number of nitrogens with one attached hydrogen (secondary N) is 2. The molecule has 5 nitrogen and oxygen atoms in total. The van der Waals surface area contributed by atoms with Crippen molar-refractivity contribution in [3.63, 3.8) is 0 Å². The van der Waals surface area contributed by atoms with Gasteiger partial charge in [0.25, 0.3) is 0 Å². The molecule has 0 bridgehead atoms. The van der Waals surface area contributed by atoms with Crippen LogP contribution >= 0.6 is 11.6 Å². The number of hydrogen-bond acceptors (Lipinski definition) is 3. The van der Waals surface area contributed by atoms with Crippen molar-refractivity contribution >= 4 is 28.4 Å². The number of halogens is 1. The number of likely N-dealkylation sites (tertiary alicyclic amines) is 1. The monoisotopic (exact) mass is 356 g/mol. The molecule has 1 saturated heterocycles. The van der Waals surface area contributed by atoms with Gasteiger partial charge in [-0.25, -0.2) is 0 Å². The van der Waals surface area contributed by atoms with Gasteiger partial charge in [0.15, 0.2) is 0 Å². The summed E-state index contributed by atoms with van der Waals surface area (Å²) in [5.74, 6) is 0.0387. The van der Waals surface area contributed by atoms with Crippen LogP contribution in [-0.2, 0) is 17.6 Å². The summed E-state index contributed by atoms with van der Waals surface area (Å²) in [6, 6.07) is 8.25. The first-order valence-electron chi connectivity index (χ1n) is 8.88. The van der Waals surface area contributed by atoms with Crippen LogP contribution in [0, 0.1) is 11.3 Å². The Morgan fingerprint density at radius 2 is 2.32 bits per heavy atom. The molecule has 1 aliphatic heterocycles. The topological polar surface area (TPSA) is 71.9 Å². The van der Waals surface area contributed by atoms with Gasteiger partial charge >= 0.3 is 0 Å². The summed E-state index contributed by atoms with van der Waals surface area (Å²) in [5, 5.41) is 14.5. The lowest BCUT2D eigenvalue weighted by Gasteiger charge is -2.25. The lowest BCUT2D eigenvalue weighted by Crippen LogP contribution is -2.44. The van der Waals surface area contributed by atoms with Crippen LogP contribution < -0.4 is 5.32 Å². The molecule has 25 heavy (non-hydrogen) atoms. The summed E-state index contributed by atoms with van der Waals surface area (Å²) >= 11 is 6.29.